The summed E-state index contributed by atoms with van der Waals surface area (Å²) in [5, 5.41) is 6.19. The Morgan fingerprint density at radius 1 is 1.50 bits per heavy atom. The first-order chi connectivity index (χ1) is 9.54. The zero-order valence-electron chi connectivity index (χ0n) is 11.3. The highest BCUT2D eigenvalue weighted by atomic mass is 35.5. The van der Waals surface area contributed by atoms with Crippen molar-refractivity contribution in [1.82, 2.24) is 10.3 Å². The quantitative estimate of drug-likeness (QED) is 0.887. The third-order valence-corrected chi connectivity index (χ3v) is 3.91. The van der Waals surface area contributed by atoms with Crippen molar-refractivity contribution in [3.8, 4) is 0 Å². The van der Waals surface area contributed by atoms with Gasteiger partial charge in [-0.2, -0.15) is 0 Å². The summed E-state index contributed by atoms with van der Waals surface area (Å²) >= 11 is 7.26. The topological polar surface area (TPSA) is 54.0 Å². The first kappa shape index (κ1) is 14.8. The van der Waals surface area contributed by atoms with Crippen molar-refractivity contribution in [3.05, 3.63) is 45.4 Å². The fraction of sp³-hybridized carbons (Fsp3) is 0.286. The van der Waals surface area contributed by atoms with E-state index in [9.17, 15) is 4.79 Å². The Bertz CT molecular complexity index is 600. The third-order valence-electron chi connectivity index (χ3n) is 2.80. The van der Waals surface area contributed by atoms with Crippen molar-refractivity contribution >= 4 is 34.5 Å². The van der Waals surface area contributed by atoms with Crippen LogP contribution in [0.2, 0.25) is 4.47 Å². The van der Waals surface area contributed by atoms with Crippen LogP contribution in [0, 0.1) is 0 Å². The Morgan fingerprint density at radius 2 is 2.30 bits per heavy atom. The predicted molar refractivity (Wildman–Crippen MR) is 83.1 cm³/mol. The second-order valence-corrected chi connectivity index (χ2v) is 6.18. The minimum absolute atomic E-state index is 0.00732. The minimum Gasteiger partial charge on any atom is -0.380 e. The van der Waals surface area contributed by atoms with Crippen LogP contribution in [-0.4, -0.2) is 10.9 Å². The molecule has 0 spiro atoms. The van der Waals surface area contributed by atoms with Gasteiger partial charge in [0.15, 0.2) is 4.47 Å². The average molecular weight is 310 g/mol. The number of hydrogen-bond donors (Lipinski definition) is 2. The number of aromatic nitrogens is 1. The largest absolute Gasteiger partial charge is 0.380 e. The lowest BCUT2D eigenvalue weighted by molar-refractivity contribution is -0.119. The summed E-state index contributed by atoms with van der Waals surface area (Å²) in [4.78, 5) is 16.2. The van der Waals surface area contributed by atoms with Crippen molar-refractivity contribution in [2.75, 3.05) is 5.32 Å². The molecular weight excluding hydrogens is 294 g/mol. The van der Waals surface area contributed by atoms with Gasteiger partial charge in [-0.3, -0.25) is 4.79 Å². The summed E-state index contributed by atoms with van der Waals surface area (Å²) in [6.07, 6.45) is 1.77. The van der Waals surface area contributed by atoms with Gasteiger partial charge in [-0.25, -0.2) is 4.98 Å². The van der Waals surface area contributed by atoms with Crippen LogP contribution in [0.25, 0.3) is 0 Å². The lowest BCUT2D eigenvalue weighted by Crippen LogP contribution is -2.23. The van der Waals surface area contributed by atoms with Gasteiger partial charge in [-0.15, -0.1) is 11.3 Å². The van der Waals surface area contributed by atoms with Crippen LogP contribution in [0.5, 0.6) is 0 Å². The molecular formula is C14H16ClN3OS. The van der Waals surface area contributed by atoms with E-state index >= 15 is 0 Å². The van der Waals surface area contributed by atoms with Gasteiger partial charge in [0, 0.05) is 23.7 Å². The summed E-state index contributed by atoms with van der Waals surface area (Å²) in [6, 6.07) is 7.98. The maximum atomic E-state index is 11.1. The number of nitrogens with zero attached hydrogens (tertiary/aromatic N) is 1. The molecule has 0 saturated heterocycles. The van der Waals surface area contributed by atoms with E-state index in [0.29, 0.717) is 11.0 Å². The lowest BCUT2D eigenvalue weighted by atomic mass is 10.1. The number of amides is 1. The minimum atomic E-state index is -0.0323. The fourth-order valence-electron chi connectivity index (χ4n) is 1.86. The number of carbonyl (C=O) groups excluding carboxylic acids is 1. The summed E-state index contributed by atoms with van der Waals surface area (Å²) in [5.41, 5.74) is 2.07. The molecule has 2 aromatic rings. The van der Waals surface area contributed by atoms with Crippen molar-refractivity contribution in [2.24, 2.45) is 0 Å². The smallest absolute Gasteiger partial charge is 0.217 e. The van der Waals surface area contributed by atoms with E-state index in [1.807, 2.05) is 31.2 Å². The van der Waals surface area contributed by atoms with Crippen LogP contribution >= 0.6 is 22.9 Å². The zero-order chi connectivity index (χ0) is 14.5. The molecule has 106 valence electrons. The van der Waals surface area contributed by atoms with Crippen molar-refractivity contribution in [1.29, 1.82) is 0 Å². The van der Waals surface area contributed by atoms with Gasteiger partial charge in [0.25, 0.3) is 0 Å². The zero-order valence-corrected chi connectivity index (χ0v) is 12.9. The first-order valence-electron chi connectivity index (χ1n) is 6.26. The number of carbonyl (C=O) groups is 1. The van der Waals surface area contributed by atoms with Gasteiger partial charge in [0.2, 0.25) is 5.91 Å². The molecule has 0 fully saturated rings. The number of hydrogen-bond acceptors (Lipinski definition) is 4. The molecule has 0 bridgehead atoms. The second-order valence-electron chi connectivity index (χ2n) is 4.48. The highest BCUT2D eigenvalue weighted by Crippen LogP contribution is 2.21. The first-order valence-corrected chi connectivity index (χ1v) is 7.45. The van der Waals surface area contributed by atoms with Crippen molar-refractivity contribution in [3.63, 3.8) is 0 Å². The summed E-state index contributed by atoms with van der Waals surface area (Å²) < 4.78 is 0.551. The van der Waals surface area contributed by atoms with Crippen molar-refractivity contribution < 1.29 is 4.79 Å². The fourth-order valence-corrected chi connectivity index (χ4v) is 2.78. The van der Waals surface area contributed by atoms with Crippen LogP contribution in [0.3, 0.4) is 0 Å². The Labute approximate surface area is 127 Å². The second kappa shape index (κ2) is 6.72. The number of anilines is 1. The number of benzene rings is 1. The number of rotatable bonds is 5. The van der Waals surface area contributed by atoms with E-state index < -0.39 is 0 Å². The molecule has 0 radical (unpaired) electrons. The lowest BCUT2D eigenvalue weighted by Gasteiger charge is -2.14. The standard InChI is InChI=1S/C14H16ClN3OS/c1-9(18-10(2)19)11-4-3-5-12(6-11)16-7-13-8-17-14(15)20-13/h3-6,8-9,16H,7H2,1-2H3,(H,18,19). The highest BCUT2D eigenvalue weighted by molar-refractivity contribution is 7.15. The number of halogens is 1. The van der Waals surface area contributed by atoms with E-state index in [1.165, 1.54) is 18.3 Å². The monoisotopic (exact) mass is 309 g/mol. The molecule has 6 heteroatoms. The number of nitrogens with one attached hydrogen (secondary N) is 2. The van der Waals surface area contributed by atoms with Crippen LogP contribution in [-0.2, 0) is 11.3 Å². The molecule has 1 atom stereocenters. The van der Waals surface area contributed by atoms with E-state index in [2.05, 4.69) is 15.6 Å². The van der Waals surface area contributed by atoms with E-state index in [1.54, 1.807) is 6.20 Å². The molecule has 2 N–H and O–H groups in total. The van der Waals surface area contributed by atoms with E-state index in [4.69, 9.17) is 11.6 Å². The molecule has 1 unspecified atom stereocenters. The summed E-state index contributed by atoms with van der Waals surface area (Å²) in [5.74, 6) is -0.0323. The Hall–Kier alpha value is -1.59. The Morgan fingerprint density at radius 3 is 2.95 bits per heavy atom. The molecule has 1 heterocycles. The van der Waals surface area contributed by atoms with E-state index in [0.717, 1.165) is 16.1 Å². The van der Waals surface area contributed by atoms with Crippen LogP contribution in [0.15, 0.2) is 30.5 Å². The molecule has 1 aromatic carbocycles. The summed E-state index contributed by atoms with van der Waals surface area (Å²) in [6.45, 7) is 4.16. The highest BCUT2D eigenvalue weighted by Gasteiger charge is 2.07. The molecule has 0 aliphatic heterocycles. The molecule has 0 aliphatic rings. The Balaban J connectivity index is 2.00. The van der Waals surface area contributed by atoms with Crippen LogP contribution < -0.4 is 10.6 Å². The maximum absolute atomic E-state index is 11.1. The van der Waals surface area contributed by atoms with Gasteiger partial charge < -0.3 is 10.6 Å². The molecule has 0 saturated carbocycles. The number of thiazole rings is 1. The van der Waals surface area contributed by atoms with Crippen LogP contribution in [0.1, 0.15) is 30.3 Å². The molecule has 0 aliphatic carbocycles. The van der Waals surface area contributed by atoms with Gasteiger partial charge in [-0.05, 0) is 24.6 Å². The molecule has 4 nitrogen and oxygen atoms in total. The normalized spacial score (nSPS) is 11.9. The average Bonchev–Trinajstić information content (AvgIpc) is 2.82. The third kappa shape index (κ3) is 4.21. The summed E-state index contributed by atoms with van der Waals surface area (Å²) in [7, 11) is 0. The SMILES string of the molecule is CC(=O)NC(C)c1cccc(NCc2cnc(Cl)s2)c1. The molecule has 20 heavy (non-hydrogen) atoms. The van der Waals surface area contributed by atoms with Crippen LogP contribution in [0.4, 0.5) is 5.69 Å². The van der Waals surface area contributed by atoms with Gasteiger partial charge in [-0.1, -0.05) is 23.7 Å². The van der Waals surface area contributed by atoms with Gasteiger partial charge in [0.05, 0.1) is 12.6 Å². The maximum Gasteiger partial charge on any atom is 0.217 e. The van der Waals surface area contributed by atoms with Gasteiger partial charge >= 0.3 is 0 Å². The van der Waals surface area contributed by atoms with Crippen molar-refractivity contribution in [2.45, 2.75) is 26.4 Å². The molecule has 2 rings (SSSR count). The van der Waals surface area contributed by atoms with E-state index in [-0.39, 0.29) is 11.9 Å². The molecule has 1 aromatic heterocycles. The predicted octanol–water partition coefficient (Wildman–Crippen LogP) is 3.61. The van der Waals surface area contributed by atoms with Gasteiger partial charge in [0.1, 0.15) is 0 Å². The molecule has 1 amide bonds. The Kier molecular flexibility index (Phi) is 4.98.